The predicted octanol–water partition coefficient (Wildman–Crippen LogP) is 5.56. The lowest BCUT2D eigenvalue weighted by Gasteiger charge is -2.11. The van der Waals surface area contributed by atoms with Crippen LogP contribution >= 0.6 is 11.6 Å². The molecule has 5 rings (SSSR count). The van der Waals surface area contributed by atoms with Crippen LogP contribution in [0.5, 0.6) is 0 Å². The molecule has 4 aromatic rings. The highest BCUT2D eigenvalue weighted by atomic mass is 35.5. The molecule has 5 nitrogen and oxygen atoms in total. The van der Waals surface area contributed by atoms with Crippen LogP contribution in [0.2, 0.25) is 5.02 Å². The topological polar surface area (TPSA) is 76.4 Å². The number of benzene rings is 3. The molecule has 1 aromatic heterocycles. The van der Waals surface area contributed by atoms with Crippen molar-refractivity contribution in [2.24, 2.45) is 0 Å². The lowest BCUT2D eigenvalue weighted by molar-refractivity contribution is 0.0971. The fourth-order valence-corrected chi connectivity index (χ4v) is 5.45. The average Bonchev–Trinajstić information content (AvgIpc) is 3.08. The molecule has 1 N–H and O–H groups in total. The number of carbonyl (C=O) groups excluding carboxylic acids is 1. The van der Waals surface area contributed by atoms with Crippen LogP contribution < -0.4 is 4.72 Å². The van der Waals surface area contributed by atoms with Gasteiger partial charge < -0.3 is 4.42 Å². The number of hydrogen-bond donors (Lipinski definition) is 1. The van der Waals surface area contributed by atoms with E-state index in [2.05, 4.69) is 4.72 Å². The minimum absolute atomic E-state index is 0.00451. The first-order valence-electron chi connectivity index (χ1n) is 9.23. The van der Waals surface area contributed by atoms with Crippen molar-refractivity contribution >= 4 is 54.8 Å². The van der Waals surface area contributed by atoms with Crippen molar-refractivity contribution in [2.45, 2.75) is 24.2 Å². The minimum atomic E-state index is -3.87. The Morgan fingerprint density at radius 3 is 2.62 bits per heavy atom. The summed E-state index contributed by atoms with van der Waals surface area (Å²) < 4.78 is 34.6. The second-order valence-corrected chi connectivity index (χ2v) is 9.15. The third kappa shape index (κ3) is 2.99. The van der Waals surface area contributed by atoms with Gasteiger partial charge >= 0.3 is 0 Å². The van der Waals surface area contributed by atoms with Crippen molar-refractivity contribution in [3.63, 3.8) is 0 Å². The molecule has 0 saturated heterocycles. The number of nitrogens with one attached hydrogen (secondary N) is 1. The highest BCUT2D eigenvalue weighted by Gasteiger charge is 2.26. The summed E-state index contributed by atoms with van der Waals surface area (Å²) in [5.74, 6) is 0.613. The van der Waals surface area contributed by atoms with Crippen LogP contribution in [0.4, 0.5) is 5.69 Å². The van der Waals surface area contributed by atoms with E-state index in [1.54, 1.807) is 30.3 Å². The third-order valence-corrected chi connectivity index (χ3v) is 6.92. The number of carbonyl (C=O) groups is 1. The third-order valence-electron chi connectivity index (χ3n) is 5.19. The zero-order valence-corrected chi connectivity index (χ0v) is 16.8. The summed E-state index contributed by atoms with van der Waals surface area (Å²) in [6, 6.07) is 15.5. The van der Waals surface area contributed by atoms with Gasteiger partial charge in [0.1, 0.15) is 5.76 Å². The zero-order valence-electron chi connectivity index (χ0n) is 15.2. The first kappa shape index (κ1) is 18.2. The number of rotatable bonds is 3. The van der Waals surface area contributed by atoms with Gasteiger partial charge in [0.05, 0.1) is 21.2 Å². The summed E-state index contributed by atoms with van der Waals surface area (Å²) in [7, 11) is -3.87. The molecule has 0 radical (unpaired) electrons. The van der Waals surface area contributed by atoms with Crippen molar-refractivity contribution in [1.29, 1.82) is 0 Å². The fraction of sp³-hybridized carbons (Fsp3) is 0.136. The molecule has 0 spiro atoms. The summed E-state index contributed by atoms with van der Waals surface area (Å²) in [5, 5.41) is 2.28. The van der Waals surface area contributed by atoms with Crippen molar-refractivity contribution in [1.82, 2.24) is 0 Å². The standard InChI is InChI=1S/C22H16ClNO4S/c23-17-12-14(11-16-21-18(25)8-4-9-19(21)28-22(16)17)24-29(26,27)20-10-3-6-13-5-1-2-7-15(13)20/h1-3,5-7,10-12,24H,4,8-9H2. The maximum atomic E-state index is 13.1. The molecule has 0 amide bonds. The van der Waals surface area contributed by atoms with Crippen LogP contribution in [0.3, 0.4) is 0 Å². The van der Waals surface area contributed by atoms with Gasteiger partial charge in [0.15, 0.2) is 11.4 Å². The molecular weight excluding hydrogens is 410 g/mol. The van der Waals surface area contributed by atoms with Gasteiger partial charge in [0.25, 0.3) is 10.0 Å². The highest BCUT2D eigenvalue weighted by Crippen LogP contribution is 2.38. The lowest BCUT2D eigenvalue weighted by atomic mass is 9.94. The summed E-state index contributed by atoms with van der Waals surface area (Å²) in [4.78, 5) is 12.6. The fourth-order valence-electron chi connectivity index (χ4n) is 3.92. The van der Waals surface area contributed by atoms with E-state index in [-0.39, 0.29) is 21.4 Å². The Balaban J connectivity index is 1.63. The van der Waals surface area contributed by atoms with Crippen LogP contribution in [0.1, 0.15) is 29.0 Å². The van der Waals surface area contributed by atoms with E-state index in [0.717, 1.165) is 11.8 Å². The van der Waals surface area contributed by atoms with E-state index in [1.807, 2.05) is 18.2 Å². The van der Waals surface area contributed by atoms with E-state index in [1.165, 1.54) is 6.07 Å². The molecule has 1 heterocycles. The van der Waals surface area contributed by atoms with Gasteiger partial charge in [-0.1, -0.05) is 48.0 Å². The SMILES string of the molecule is O=C1CCCc2oc3c(Cl)cc(NS(=O)(=O)c4cccc5ccccc45)cc3c21. The van der Waals surface area contributed by atoms with Gasteiger partial charge in [-0.25, -0.2) is 8.42 Å². The molecule has 0 saturated carbocycles. The van der Waals surface area contributed by atoms with E-state index in [9.17, 15) is 13.2 Å². The van der Waals surface area contributed by atoms with Crippen molar-refractivity contribution in [2.75, 3.05) is 4.72 Å². The van der Waals surface area contributed by atoms with Crippen molar-refractivity contribution < 1.29 is 17.6 Å². The zero-order chi connectivity index (χ0) is 20.2. The molecule has 146 valence electrons. The van der Waals surface area contributed by atoms with Crippen LogP contribution in [-0.4, -0.2) is 14.2 Å². The van der Waals surface area contributed by atoms with Crippen molar-refractivity contribution in [3.8, 4) is 0 Å². The summed E-state index contributed by atoms with van der Waals surface area (Å²) in [5.41, 5.74) is 1.22. The Kier molecular flexibility index (Phi) is 4.15. The molecule has 0 aliphatic heterocycles. The molecule has 1 aliphatic rings. The Morgan fingerprint density at radius 1 is 0.966 bits per heavy atom. The molecule has 29 heavy (non-hydrogen) atoms. The molecule has 0 unspecified atom stereocenters. The maximum Gasteiger partial charge on any atom is 0.262 e. The van der Waals surface area contributed by atoms with E-state index < -0.39 is 10.0 Å². The van der Waals surface area contributed by atoms with Crippen LogP contribution in [0, 0.1) is 0 Å². The maximum absolute atomic E-state index is 13.1. The molecule has 1 aliphatic carbocycles. The van der Waals surface area contributed by atoms with Crippen LogP contribution in [-0.2, 0) is 16.4 Å². The minimum Gasteiger partial charge on any atom is -0.459 e. The normalized spacial score (nSPS) is 14.3. The quantitative estimate of drug-likeness (QED) is 0.466. The van der Waals surface area contributed by atoms with Crippen LogP contribution in [0.25, 0.3) is 21.7 Å². The number of furan rings is 1. The number of hydrogen-bond acceptors (Lipinski definition) is 4. The monoisotopic (exact) mass is 425 g/mol. The number of anilines is 1. The molecule has 0 bridgehead atoms. The van der Waals surface area contributed by atoms with Gasteiger partial charge in [-0.2, -0.15) is 0 Å². The Hall–Kier alpha value is -2.83. The Bertz CT molecular complexity index is 1400. The number of sulfonamides is 1. The summed E-state index contributed by atoms with van der Waals surface area (Å²) in [6.45, 7) is 0. The Morgan fingerprint density at radius 2 is 1.76 bits per heavy atom. The van der Waals surface area contributed by atoms with Gasteiger partial charge in [-0.3, -0.25) is 9.52 Å². The molecule has 0 fully saturated rings. The van der Waals surface area contributed by atoms with Gasteiger partial charge in [0, 0.05) is 23.6 Å². The van der Waals surface area contributed by atoms with Gasteiger partial charge in [-0.15, -0.1) is 0 Å². The number of halogens is 1. The molecule has 3 aromatic carbocycles. The second kappa shape index (κ2) is 6.61. The first-order valence-corrected chi connectivity index (χ1v) is 11.1. The second-order valence-electron chi connectivity index (χ2n) is 7.09. The summed E-state index contributed by atoms with van der Waals surface area (Å²) >= 11 is 6.36. The first-order chi connectivity index (χ1) is 13.9. The Labute approximate surface area is 172 Å². The van der Waals surface area contributed by atoms with E-state index >= 15 is 0 Å². The van der Waals surface area contributed by atoms with E-state index in [0.29, 0.717) is 40.5 Å². The smallest absolute Gasteiger partial charge is 0.262 e. The van der Waals surface area contributed by atoms with Gasteiger partial charge in [-0.05, 0) is 30.0 Å². The number of Topliss-reactive ketones (excluding diaryl/α,β-unsaturated/α-hetero) is 1. The summed E-state index contributed by atoms with van der Waals surface area (Å²) in [6.07, 6.45) is 1.86. The molecule has 0 atom stereocenters. The molecular formula is C22H16ClNO4S. The van der Waals surface area contributed by atoms with E-state index in [4.69, 9.17) is 16.0 Å². The number of ketones is 1. The number of fused-ring (bicyclic) bond motifs is 4. The number of aryl methyl sites for hydroxylation is 1. The van der Waals surface area contributed by atoms with Crippen molar-refractivity contribution in [3.05, 3.63) is 70.9 Å². The highest BCUT2D eigenvalue weighted by molar-refractivity contribution is 7.93. The predicted molar refractivity (Wildman–Crippen MR) is 113 cm³/mol. The molecule has 7 heteroatoms. The van der Waals surface area contributed by atoms with Crippen LogP contribution in [0.15, 0.2) is 63.9 Å². The lowest BCUT2D eigenvalue weighted by Crippen LogP contribution is -2.13. The average molecular weight is 426 g/mol. The van der Waals surface area contributed by atoms with Gasteiger partial charge in [0.2, 0.25) is 0 Å². The largest absolute Gasteiger partial charge is 0.459 e.